The van der Waals surface area contributed by atoms with Crippen LogP contribution in [0.15, 0.2) is 72.1 Å². The van der Waals surface area contributed by atoms with Crippen LogP contribution in [0, 0.1) is 0 Å². The molecule has 0 spiro atoms. The fourth-order valence-corrected chi connectivity index (χ4v) is 4.31. The number of imide groups is 1. The molecule has 3 aromatic rings. The highest BCUT2D eigenvalue weighted by molar-refractivity contribution is 7.09. The van der Waals surface area contributed by atoms with Gasteiger partial charge in [-0.2, -0.15) is 0 Å². The average molecular weight is 434 g/mol. The van der Waals surface area contributed by atoms with Gasteiger partial charge in [-0.15, -0.1) is 11.3 Å². The van der Waals surface area contributed by atoms with Crippen LogP contribution in [0.5, 0.6) is 0 Å². The molecule has 1 aliphatic rings. The quantitative estimate of drug-likeness (QED) is 0.550. The second kappa shape index (κ2) is 9.14. The number of carbonyl (C=O) groups excluding carboxylic acids is 3. The third kappa shape index (κ3) is 4.51. The Morgan fingerprint density at radius 1 is 1.00 bits per heavy atom. The molecular weight excluding hydrogens is 410 g/mol. The minimum Gasteiger partial charge on any atom is -0.326 e. The molecule has 7 heteroatoms. The van der Waals surface area contributed by atoms with Gasteiger partial charge in [0.2, 0.25) is 5.91 Å². The van der Waals surface area contributed by atoms with Crippen LogP contribution >= 0.6 is 11.3 Å². The Labute approximate surface area is 185 Å². The fraction of sp³-hybridized carbons (Fsp3) is 0.208. The van der Waals surface area contributed by atoms with Gasteiger partial charge in [0.05, 0.1) is 18.7 Å². The van der Waals surface area contributed by atoms with Crippen LogP contribution in [0.3, 0.4) is 0 Å². The third-order valence-corrected chi connectivity index (χ3v) is 6.13. The van der Waals surface area contributed by atoms with Crippen molar-refractivity contribution in [2.45, 2.75) is 32.4 Å². The maximum Gasteiger partial charge on any atom is 0.332 e. The maximum absolute atomic E-state index is 13.2. The van der Waals surface area contributed by atoms with Crippen molar-refractivity contribution >= 4 is 40.6 Å². The van der Waals surface area contributed by atoms with Crippen molar-refractivity contribution < 1.29 is 14.4 Å². The van der Waals surface area contributed by atoms with Crippen LogP contribution < -0.4 is 10.2 Å². The summed E-state index contributed by atoms with van der Waals surface area (Å²) < 4.78 is 0. The Morgan fingerprint density at radius 3 is 2.39 bits per heavy atom. The molecule has 0 aliphatic carbocycles. The van der Waals surface area contributed by atoms with Crippen LogP contribution in [0.1, 0.15) is 23.8 Å². The number of nitrogens with zero attached hydrogens (tertiary/aromatic N) is 2. The van der Waals surface area contributed by atoms with Gasteiger partial charge in [0.25, 0.3) is 5.91 Å². The highest BCUT2D eigenvalue weighted by atomic mass is 32.1. The first-order valence-electron chi connectivity index (χ1n) is 10.2. The van der Waals surface area contributed by atoms with E-state index in [-0.39, 0.29) is 24.8 Å². The van der Waals surface area contributed by atoms with Gasteiger partial charge in [-0.25, -0.2) is 9.69 Å². The van der Waals surface area contributed by atoms with Crippen LogP contribution in [0.25, 0.3) is 0 Å². The number of rotatable bonds is 7. The monoisotopic (exact) mass is 433 g/mol. The summed E-state index contributed by atoms with van der Waals surface area (Å²) in [5, 5.41) is 4.77. The number of thiophene rings is 1. The minimum atomic E-state index is -0.857. The summed E-state index contributed by atoms with van der Waals surface area (Å²) >= 11 is 1.51. The predicted molar refractivity (Wildman–Crippen MR) is 122 cm³/mol. The topological polar surface area (TPSA) is 69.7 Å². The number of nitrogens with one attached hydrogen (secondary N) is 1. The molecule has 6 nitrogen and oxygen atoms in total. The van der Waals surface area contributed by atoms with Crippen molar-refractivity contribution in [1.82, 2.24) is 4.90 Å². The number of hydrogen-bond donors (Lipinski definition) is 1. The van der Waals surface area contributed by atoms with Crippen LogP contribution in [-0.4, -0.2) is 28.8 Å². The Morgan fingerprint density at radius 2 is 1.74 bits per heavy atom. The van der Waals surface area contributed by atoms with Crippen molar-refractivity contribution in [3.8, 4) is 0 Å². The van der Waals surface area contributed by atoms with Crippen molar-refractivity contribution in [2.24, 2.45) is 0 Å². The molecule has 1 aliphatic heterocycles. The Hall–Kier alpha value is -3.45. The zero-order chi connectivity index (χ0) is 21.8. The highest BCUT2D eigenvalue weighted by Gasteiger charge is 2.46. The van der Waals surface area contributed by atoms with E-state index >= 15 is 0 Å². The summed E-state index contributed by atoms with van der Waals surface area (Å²) in [6, 6.07) is 19.0. The number of carbonyl (C=O) groups is 3. The molecule has 1 unspecified atom stereocenters. The SMILES string of the molecule is CCc1ccc(NC(=O)CC2C(=O)N(c3ccccc3)C(=O)N2Cc2cccs2)cc1. The zero-order valence-electron chi connectivity index (χ0n) is 17.2. The number of para-hydroxylation sites is 1. The highest BCUT2D eigenvalue weighted by Crippen LogP contribution is 2.29. The average Bonchev–Trinajstić information content (AvgIpc) is 3.37. The summed E-state index contributed by atoms with van der Waals surface area (Å²) in [5.41, 5.74) is 2.35. The predicted octanol–water partition coefficient (Wildman–Crippen LogP) is 4.68. The van der Waals surface area contributed by atoms with Gasteiger partial charge in [0, 0.05) is 10.6 Å². The van der Waals surface area contributed by atoms with Crippen LogP contribution in [0.2, 0.25) is 0 Å². The number of hydrogen-bond acceptors (Lipinski definition) is 4. The van der Waals surface area contributed by atoms with Crippen molar-refractivity contribution in [1.29, 1.82) is 0 Å². The molecule has 1 saturated heterocycles. The standard InChI is InChI=1S/C24H23N3O3S/c1-2-17-10-12-18(13-11-17)25-22(28)15-21-23(29)27(19-7-4-3-5-8-19)24(30)26(21)16-20-9-6-14-31-20/h3-14,21H,2,15-16H2,1H3,(H,25,28). The zero-order valence-corrected chi connectivity index (χ0v) is 18.0. The second-order valence-corrected chi connectivity index (χ2v) is 8.35. The third-order valence-electron chi connectivity index (χ3n) is 5.26. The molecule has 0 radical (unpaired) electrons. The molecule has 1 atom stereocenters. The van der Waals surface area contributed by atoms with E-state index in [1.807, 2.05) is 47.8 Å². The van der Waals surface area contributed by atoms with Gasteiger partial charge < -0.3 is 10.2 Å². The molecule has 1 aromatic heterocycles. The first-order chi connectivity index (χ1) is 15.1. The van der Waals surface area contributed by atoms with Crippen LogP contribution in [-0.2, 0) is 22.6 Å². The maximum atomic E-state index is 13.2. The number of anilines is 2. The number of aryl methyl sites for hydroxylation is 1. The minimum absolute atomic E-state index is 0.102. The largest absolute Gasteiger partial charge is 0.332 e. The van der Waals surface area contributed by atoms with Crippen LogP contribution in [0.4, 0.5) is 16.2 Å². The van der Waals surface area contributed by atoms with E-state index in [9.17, 15) is 14.4 Å². The molecule has 158 valence electrons. The van der Waals surface area contributed by atoms with E-state index < -0.39 is 12.1 Å². The van der Waals surface area contributed by atoms with Gasteiger partial charge in [-0.1, -0.05) is 43.3 Å². The van der Waals surface area contributed by atoms with Gasteiger partial charge in [0.1, 0.15) is 6.04 Å². The first-order valence-corrected chi connectivity index (χ1v) is 11.1. The Balaban J connectivity index is 1.55. The van der Waals surface area contributed by atoms with E-state index in [1.165, 1.54) is 26.7 Å². The van der Waals surface area contributed by atoms with E-state index in [1.54, 1.807) is 24.3 Å². The van der Waals surface area contributed by atoms with E-state index in [0.717, 1.165) is 11.3 Å². The lowest BCUT2D eigenvalue weighted by Gasteiger charge is -2.21. The summed E-state index contributed by atoms with van der Waals surface area (Å²) in [6.45, 7) is 2.35. The lowest BCUT2D eigenvalue weighted by Crippen LogP contribution is -2.37. The number of amides is 4. The fourth-order valence-electron chi connectivity index (χ4n) is 3.61. The van der Waals surface area contributed by atoms with E-state index in [0.29, 0.717) is 11.4 Å². The molecule has 0 saturated carbocycles. The van der Waals surface area contributed by atoms with E-state index in [2.05, 4.69) is 12.2 Å². The molecule has 4 rings (SSSR count). The second-order valence-electron chi connectivity index (χ2n) is 7.32. The molecule has 2 heterocycles. The molecule has 31 heavy (non-hydrogen) atoms. The van der Waals surface area contributed by atoms with Gasteiger partial charge in [0.15, 0.2) is 0 Å². The van der Waals surface area contributed by atoms with Crippen molar-refractivity contribution in [2.75, 3.05) is 10.2 Å². The molecule has 0 bridgehead atoms. The molecule has 1 N–H and O–H groups in total. The summed E-state index contributed by atoms with van der Waals surface area (Å²) in [5.74, 6) is -0.689. The lowest BCUT2D eigenvalue weighted by molar-refractivity contribution is -0.124. The van der Waals surface area contributed by atoms with Crippen molar-refractivity contribution in [3.05, 3.63) is 82.6 Å². The lowest BCUT2D eigenvalue weighted by atomic mass is 10.1. The molecule has 1 fully saturated rings. The van der Waals surface area contributed by atoms with Gasteiger partial charge in [-0.05, 0) is 47.7 Å². The Kier molecular flexibility index (Phi) is 6.13. The van der Waals surface area contributed by atoms with Crippen molar-refractivity contribution in [3.63, 3.8) is 0 Å². The summed E-state index contributed by atoms with van der Waals surface area (Å²) in [7, 11) is 0. The smallest absolute Gasteiger partial charge is 0.326 e. The molecular formula is C24H23N3O3S. The first kappa shape index (κ1) is 20.8. The van der Waals surface area contributed by atoms with Gasteiger partial charge >= 0.3 is 6.03 Å². The summed E-state index contributed by atoms with van der Waals surface area (Å²) in [6.07, 6.45) is 0.814. The molecule has 4 amide bonds. The molecule has 2 aromatic carbocycles. The Bertz CT molecular complexity index is 1070. The van der Waals surface area contributed by atoms with Gasteiger partial charge in [-0.3, -0.25) is 9.59 Å². The van der Waals surface area contributed by atoms with E-state index in [4.69, 9.17) is 0 Å². The number of urea groups is 1. The normalized spacial score (nSPS) is 16.1. The number of benzene rings is 2. The summed E-state index contributed by atoms with van der Waals surface area (Å²) in [4.78, 5) is 42.7.